The highest BCUT2D eigenvalue weighted by Gasteiger charge is 2.12. The third-order valence-electron chi connectivity index (χ3n) is 1.70. The van der Waals surface area contributed by atoms with E-state index in [2.05, 4.69) is 9.91 Å². The fourth-order valence-corrected chi connectivity index (χ4v) is 1.02. The molecule has 5 heteroatoms. The number of esters is 1. The van der Waals surface area contributed by atoms with Gasteiger partial charge < -0.3 is 9.47 Å². The van der Waals surface area contributed by atoms with Gasteiger partial charge in [0.05, 0.1) is 14.2 Å². The van der Waals surface area contributed by atoms with Crippen molar-refractivity contribution in [3.05, 3.63) is 28.7 Å². The van der Waals surface area contributed by atoms with Crippen LogP contribution in [0.3, 0.4) is 0 Å². The molecule has 0 N–H and O–H groups in total. The molecule has 1 aromatic carbocycles. The van der Waals surface area contributed by atoms with Gasteiger partial charge in [0.2, 0.25) is 0 Å². The molecule has 0 saturated carbocycles. The van der Waals surface area contributed by atoms with Crippen molar-refractivity contribution in [1.29, 1.82) is 0 Å². The Hall–Kier alpha value is -1.91. The maximum Gasteiger partial charge on any atom is 0.341 e. The highest BCUT2D eigenvalue weighted by Crippen LogP contribution is 2.25. The topological polar surface area (TPSA) is 65.0 Å². The highest BCUT2D eigenvalue weighted by atomic mass is 16.5. The molecule has 0 saturated heterocycles. The van der Waals surface area contributed by atoms with Crippen molar-refractivity contribution >= 4 is 11.7 Å². The Bertz CT molecular complexity index is 362. The van der Waals surface area contributed by atoms with Gasteiger partial charge in [-0.15, -0.1) is 4.91 Å². The van der Waals surface area contributed by atoms with Crippen LogP contribution in [-0.4, -0.2) is 20.2 Å². The van der Waals surface area contributed by atoms with Crippen molar-refractivity contribution in [1.82, 2.24) is 0 Å². The Morgan fingerprint density at radius 1 is 1.36 bits per heavy atom. The predicted molar refractivity (Wildman–Crippen MR) is 49.8 cm³/mol. The van der Waals surface area contributed by atoms with Crippen LogP contribution in [0.5, 0.6) is 5.75 Å². The van der Waals surface area contributed by atoms with Crippen molar-refractivity contribution in [2.24, 2.45) is 5.18 Å². The second kappa shape index (κ2) is 4.36. The number of nitroso groups, excluding NO2 is 1. The standard InChI is InChI=1S/C9H9NO4/c1-13-8-5-6(10-12)3-4-7(8)9(11)14-2/h3-5H,1-2H3. The Kier molecular flexibility index (Phi) is 3.17. The largest absolute Gasteiger partial charge is 0.496 e. The molecule has 0 aromatic heterocycles. The molecule has 0 bridgehead atoms. The Labute approximate surface area is 80.6 Å². The molecule has 0 aliphatic heterocycles. The lowest BCUT2D eigenvalue weighted by Gasteiger charge is -2.05. The first-order chi connectivity index (χ1) is 6.72. The van der Waals surface area contributed by atoms with E-state index >= 15 is 0 Å². The minimum absolute atomic E-state index is 0.203. The number of nitrogens with zero attached hydrogens (tertiary/aromatic N) is 1. The van der Waals surface area contributed by atoms with Crippen molar-refractivity contribution in [3.63, 3.8) is 0 Å². The number of hydrogen-bond acceptors (Lipinski definition) is 5. The summed E-state index contributed by atoms with van der Waals surface area (Å²) in [5.74, 6) is -0.242. The van der Waals surface area contributed by atoms with Crippen molar-refractivity contribution in [2.75, 3.05) is 14.2 Å². The van der Waals surface area contributed by atoms with E-state index in [0.29, 0.717) is 0 Å². The summed E-state index contributed by atoms with van der Waals surface area (Å²) in [6.07, 6.45) is 0. The molecule has 0 atom stereocenters. The molecule has 0 amide bonds. The fourth-order valence-electron chi connectivity index (χ4n) is 1.02. The number of carbonyl (C=O) groups excluding carboxylic acids is 1. The number of carbonyl (C=O) groups is 1. The predicted octanol–water partition coefficient (Wildman–Crippen LogP) is 1.88. The van der Waals surface area contributed by atoms with Gasteiger partial charge in [-0.25, -0.2) is 4.79 Å². The van der Waals surface area contributed by atoms with E-state index in [0.717, 1.165) is 0 Å². The molecular weight excluding hydrogens is 186 g/mol. The minimum atomic E-state index is -0.515. The first-order valence-electron chi connectivity index (χ1n) is 3.82. The van der Waals surface area contributed by atoms with Crippen LogP contribution in [0, 0.1) is 4.91 Å². The molecule has 0 aliphatic rings. The maximum atomic E-state index is 11.2. The normalized spacial score (nSPS) is 9.29. The Morgan fingerprint density at radius 2 is 2.07 bits per heavy atom. The summed E-state index contributed by atoms with van der Waals surface area (Å²) in [6.45, 7) is 0. The van der Waals surface area contributed by atoms with E-state index < -0.39 is 5.97 Å². The molecule has 0 heterocycles. The summed E-state index contributed by atoms with van der Waals surface area (Å²) in [7, 11) is 2.67. The van der Waals surface area contributed by atoms with Gasteiger partial charge in [-0.05, 0) is 17.3 Å². The van der Waals surface area contributed by atoms with Crippen LogP contribution in [0.4, 0.5) is 5.69 Å². The number of rotatable bonds is 3. The van der Waals surface area contributed by atoms with E-state index in [1.54, 1.807) is 0 Å². The number of methoxy groups -OCH3 is 2. The Morgan fingerprint density at radius 3 is 2.57 bits per heavy atom. The summed E-state index contributed by atoms with van der Waals surface area (Å²) in [5.41, 5.74) is 0.469. The van der Waals surface area contributed by atoms with E-state index in [1.807, 2.05) is 0 Å². The lowest BCUT2D eigenvalue weighted by Crippen LogP contribution is -2.03. The molecule has 0 unspecified atom stereocenters. The molecule has 74 valence electrons. The van der Waals surface area contributed by atoms with Crippen molar-refractivity contribution < 1.29 is 14.3 Å². The van der Waals surface area contributed by atoms with Gasteiger partial charge in [-0.2, -0.15) is 0 Å². The minimum Gasteiger partial charge on any atom is -0.496 e. The molecule has 14 heavy (non-hydrogen) atoms. The summed E-state index contributed by atoms with van der Waals surface area (Å²) in [6, 6.07) is 4.22. The second-order valence-electron chi connectivity index (χ2n) is 2.47. The van der Waals surface area contributed by atoms with Crippen LogP contribution in [-0.2, 0) is 4.74 Å². The molecule has 0 aliphatic carbocycles. The lowest BCUT2D eigenvalue weighted by molar-refractivity contribution is 0.0597. The zero-order chi connectivity index (χ0) is 10.6. The smallest absolute Gasteiger partial charge is 0.341 e. The van der Waals surface area contributed by atoms with Crippen LogP contribution in [0.1, 0.15) is 10.4 Å². The van der Waals surface area contributed by atoms with Crippen molar-refractivity contribution in [2.45, 2.75) is 0 Å². The number of ether oxygens (including phenoxy) is 2. The van der Waals surface area contributed by atoms with E-state index in [4.69, 9.17) is 4.74 Å². The van der Waals surface area contributed by atoms with Gasteiger partial charge >= 0.3 is 5.97 Å². The fraction of sp³-hybridized carbons (Fsp3) is 0.222. The quantitative estimate of drug-likeness (QED) is 0.545. The van der Waals surface area contributed by atoms with Crippen LogP contribution < -0.4 is 4.74 Å². The molecule has 0 spiro atoms. The first-order valence-corrected chi connectivity index (χ1v) is 3.82. The molecule has 0 radical (unpaired) electrons. The summed E-state index contributed by atoms with van der Waals surface area (Å²) < 4.78 is 9.44. The Balaban J connectivity index is 3.17. The molecule has 0 fully saturated rings. The van der Waals surface area contributed by atoms with Crippen LogP contribution in [0.25, 0.3) is 0 Å². The van der Waals surface area contributed by atoms with Crippen molar-refractivity contribution in [3.8, 4) is 5.75 Å². The van der Waals surface area contributed by atoms with Gasteiger partial charge in [0.25, 0.3) is 0 Å². The highest BCUT2D eigenvalue weighted by molar-refractivity contribution is 5.92. The van der Waals surface area contributed by atoms with Gasteiger partial charge in [-0.3, -0.25) is 0 Å². The van der Waals surface area contributed by atoms with E-state index in [-0.39, 0.29) is 17.0 Å². The van der Waals surface area contributed by atoms with E-state index in [1.165, 1.54) is 32.4 Å². The molecule has 1 rings (SSSR count). The average Bonchev–Trinajstić information content (AvgIpc) is 2.27. The van der Waals surface area contributed by atoms with E-state index in [9.17, 15) is 9.70 Å². The summed E-state index contributed by atoms with van der Waals surface area (Å²) >= 11 is 0. The number of hydrogen-bond donors (Lipinski definition) is 0. The monoisotopic (exact) mass is 195 g/mol. The third-order valence-corrected chi connectivity index (χ3v) is 1.70. The average molecular weight is 195 g/mol. The molecule has 5 nitrogen and oxygen atoms in total. The SMILES string of the molecule is COC(=O)c1ccc(N=O)cc1OC. The molecule has 1 aromatic rings. The van der Waals surface area contributed by atoms with Gasteiger partial charge in [0, 0.05) is 6.07 Å². The zero-order valence-electron chi connectivity index (χ0n) is 7.81. The first kappa shape index (κ1) is 10.2. The summed E-state index contributed by atoms with van der Waals surface area (Å²) in [4.78, 5) is 21.4. The van der Waals surface area contributed by atoms with Gasteiger partial charge in [0.1, 0.15) is 17.0 Å². The zero-order valence-corrected chi connectivity index (χ0v) is 7.81. The van der Waals surface area contributed by atoms with Crippen LogP contribution in [0.2, 0.25) is 0 Å². The van der Waals surface area contributed by atoms with Crippen LogP contribution >= 0.6 is 0 Å². The maximum absolute atomic E-state index is 11.2. The molecular formula is C9H9NO4. The lowest BCUT2D eigenvalue weighted by atomic mass is 10.2. The third kappa shape index (κ3) is 1.87. The van der Waals surface area contributed by atoms with Gasteiger partial charge in [0.15, 0.2) is 0 Å². The second-order valence-corrected chi connectivity index (χ2v) is 2.47. The van der Waals surface area contributed by atoms with Gasteiger partial charge in [-0.1, -0.05) is 0 Å². The summed E-state index contributed by atoms with van der Waals surface area (Å²) in [5, 5.41) is 2.72. The number of benzene rings is 1. The van der Waals surface area contributed by atoms with Crippen LogP contribution in [0.15, 0.2) is 23.4 Å².